The molecule has 3 N–H and O–H groups in total. The molecule has 11 heteroatoms. The summed E-state index contributed by atoms with van der Waals surface area (Å²) in [5.74, 6) is 1.44. The number of amides is 2. The molecule has 1 fully saturated rings. The number of aromatic nitrogens is 6. The molecule has 0 bridgehead atoms. The van der Waals surface area contributed by atoms with E-state index in [9.17, 15) is 4.79 Å². The van der Waals surface area contributed by atoms with Gasteiger partial charge >= 0.3 is 6.03 Å². The van der Waals surface area contributed by atoms with Gasteiger partial charge < -0.3 is 19.9 Å². The van der Waals surface area contributed by atoms with E-state index in [-0.39, 0.29) is 11.4 Å². The number of H-pyrrole nitrogens is 1. The molecule has 1 aliphatic heterocycles. The lowest BCUT2D eigenvalue weighted by Crippen LogP contribution is -2.36. The van der Waals surface area contributed by atoms with Crippen molar-refractivity contribution in [3.05, 3.63) is 85.1 Å². The predicted octanol–water partition coefficient (Wildman–Crippen LogP) is 6.14. The molecule has 2 aromatic carbocycles. The molecule has 5 heterocycles. The van der Waals surface area contributed by atoms with Crippen molar-refractivity contribution < 1.29 is 9.53 Å². The first kappa shape index (κ1) is 27.5. The number of anilines is 3. The summed E-state index contributed by atoms with van der Waals surface area (Å²) in [4.78, 5) is 32.4. The first-order valence-corrected chi connectivity index (χ1v) is 14.6. The summed E-state index contributed by atoms with van der Waals surface area (Å²) >= 11 is 0. The van der Waals surface area contributed by atoms with Crippen LogP contribution < -0.4 is 15.5 Å². The summed E-state index contributed by atoms with van der Waals surface area (Å²) in [7, 11) is 0. The Morgan fingerprint density at radius 2 is 1.82 bits per heavy atom. The lowest BCUT2D eigenvalue weighted by molar-refractivity contribution is 0.122. The van der Waals surface area contributed by atoms with Crippen LogP contribution >= 0.6 is 0 Å². The highest BCUT2D eigenvalue weighted by atomic mass is 16.5. The van der Waals surface area contributed by atoms with Gasteiger partial charge in [-0.05, 0) is 42.0 Å². The lowest BCUT2D eigenvalue weighted by Gasteiger charge is -2.28. The van der Waals surface area contributed by atoms with Gasteiger partial charge in [0.15, 0.2) is 0 Å². The minimum absolute atomic E-state index is 0.214. The molecule has 1 saturated heterocycles. The van der Waals surface area contributed by atoms with E-state index in [4.69, 9.17) is 9.84 Å². The fourth-order valence-corrected chi connectivity index (χ4v) is 5.46. The molecule has 7 rings (SSSR count). The number of hydrogen-bond donors (Lipinski definition) is 3. The zero-order valence-electron chi connectivity index (χ0n) is 24.8. The number of hydrogen-bond acceptors (Lipinski definition) is 7. The maximum atomic E-state index is 13.4. The monoisotopic (exact) mass is 587 g/mol. The number of nitrogens with zero attached hydrogens (tertiary/aromatic N) is 6. The second-order valence-corrected chi connectivity index (χ2v) is 11.8. The van der Waals surface area contributed by atoms with Crippen LogP contribution in [0.15, 0.2) is 79.4 Å². The molecule has 0 aliphatic carbocycles. The normalized spacial score (nSPS) is 13.8. The van der Waals surface area contributed by atoms with E-state index < -0.39 is 0 Å². The second-order valence-electron chi connectivity index (χ2n) is 11.8. The van der Waals surface area contributed by atoms with Crippen molar-refractivity contribution in [3.63, 3.8) is 0 Å². The fraction of sp³-hybridized carbons (Fsp3) is 0.242. The number of rotatable bonds is 5. The number of urea groups is 1. The van der Waals surface area contributed by atoms with Crippen LogP contribution in [-0.4, -0.2) is 62.1 Å². The molecule has 6 aromatic rings. The van der Waals surface area contributed by atoms with Gasteiger partial charge in [0.05, 0.1) is 35.5 Å². The molecule has 0 unspecified atom stereocenters. The SMILES string of the molecule is CC(C)(C)c1cc(NC(=O)Nc2cccc(-c3c[nH]c4ncnc(N5CCOCC5)c34)c2)n(-c2ccc3ncccc3c2)n1. The molecule has 44 heavy (non-hydrogen) atoms. The highest BCUT2D eigenvalue weighted by Crippen LogP contribution is 2.35. The Morgan fingerprint density at radius 1 is 0.955 bits per heavy atom. The molecule has 0 atom stereocenters. The third-order valence-electron chi connectivity index (χ3n) is 7.74. The first-order chi connectivity index (χ1) is 21.3. The third-order valence-corrected chi connectivity index (χ3v) is 7.74. The number of aromatic amines is 1. The molecule has 0 saturated carbocycles. The quantitative estimate of drug-likeness (QED) is 0.221. The van der Waals surface area contributed by atoms with Gasteiger partial charge in [0.1, 0.15) is 23.6 Å². The van der Waals surface area contributed by atoms with Crippen molar-refractivity contribution >= 4 is 45.3 Å². The van der Waals surface area contributed by atoms with Crippen LogP contribution in [0.25, 0.3) is 38.8 Å². The summed E-state index contributed by atoms with van der Waals surface area (Å²) in [6.07, 6.45) is 5.30. The van der Waals surface area contributed by atoms with Gasteiger partial charge in [0.25, 0.3) is 0 Å². The van der Waals surface area contributed by atoms with Gasteiger partial charge in [-0.3, -0.25) is 10.3 Å². The highest BCUT2D eigenvalue weighted by molar-refractivity contribution is 6.03. The van der Waals surface area contributed by atoms with Crippen LogP contribution in [0.3, 0.4) is 0 Å². The van der Waals surface area contributed by atoms with Gasteiger partial charge in [-0.25, -0.2) is 19.4 Å². The van der Waals surface area contributed by atoms with E-state index >= 15 is 0 Å². The number of nitrogens with one attached hydrogen (secondary N) is 3. The number of fused-ring (bicyclic) bond motifs is 2. The Labute approximate surface area is 254 Å². The zero-order valence-corrected chi connectivity index (χ0v) is 24.8. The summed E-state index contributed by atoms with van der Waals surface area (Å²) < 4.78 is 7.31. The maximum absolute atomic E-state index is 13.4. The topological polar surface area (TPSA) is 126 Å². The van der Waals surface area contributed by atoms with Crippen LogP contribution in [0.2, 0.25) is 0 Å². The number of carbonyl (C=O) groups excluding carboxylic acids is 1. The average molecular weight is 588 g/mol. The molecule has 4 aromatic heterocycles. The minimum Gasteiger partial charge on any atom is -0.378 e. The first-order valence-electron chi connectivity index (χ1n) is 14.6. The van der Waals surface area contributed by atoms with E-state index in [0.29, 0.717) is 24.7 Å². The Hall–Kier alpha value is -5.29. The number of benzene rings is 2. The van der Waals surface area contributed by atoms with Crippen LogP contribution in [0.1, 0.15) is 26.5 Å². The van der Waals surface area contributed by atoms with E-state index in [1.165, 1.54) is 0 Å². The maximum Gasteiger partial charge on any atom is 0.324 e. The van der Waals surface area contributed by atoms with Crippen molar-refractivity contribution in [1.82, 2.24) is 29.7 Å². The molecular weight excluding hydrogens is 554 g/mol. The molecule has 11 nitrogen and oxygen atoms in total. The average Bonchev–Trinajstić information content (AvgIpc) is 3.66. The number of ether oxygens (including phenoxy) is 1. The summed E-state index contributed by atoms with van der Waals surface area (Å²) in [5, 5.41) is 12.8. The van der Waals surface area contributed by atoms with Crippen LogP contribution in [0.5, 0.6) is 0 Å². The number of carbonyl (C=O) groups is 1. The minimum atomic E-state index is -0.373. The molecule has 2 amide bonds. The summed E-state index contributed by atoms with van der Waals surface area (Å²) in [5.41, 5.74) is 5.68. The van der Waals surface area contributed by atoms with Crippen molar-refractivity contribution in [1.29, 1.82) is 0 Å². The summed E-state index contributed by atoms with van der Waals surface area (Å²) in [6, 6.07) is 19.2. The van der Waals surface area contributed by atoms with E-state index in [1.807, 2.05) is 66.9 Å². The van der Waals surface area contributed by atoms with Crippen molar-refractivity contribution in [2.75, 3.05) is 41.8 Å². The number of morpholine rings is 1. The van der Waals surface area contributed by atoms with E-state index in [0.717, 1.165) is 63.4 Å². The molecule has 0 radical (unpaired) electrons. The Bertz CT molecular complexity index is 1980. The fourth-order valence-electron chi connectivity index (χ4n) is 5.46. The summed E-state index contributed by atoms with van der Waals surface area (Å²) in [6.45, 7) is 9.14. The van der Waals surface area contributed by atoms with E-state index in [2.05, 4.69) is 56.2 Å². The largest absolute Gasteiger partial charge is 0.378 e. The Balaban J connectivity index is 1.17. The van der Waals surface area contributed by atoms with E-state index in [1.54, 1.807) is 17.2 Å². The van der Waals surface area contributed by atoms with Gasteiger partial charge in [0, 0.05) is 53.6 Å². The zero-order chi connectivity index (χ0) is 30.3. The standard InChI is InChI=1S/C33H33N9O2/c1-33(2,3)27-18-28(42(40-27)24-9-10-26-22(17-24)7-5-11-34-26)39-32(43)38-23-8-4-6-21(16-23)25-19-35-30-29(25)31(37-20-36-30)41-12-14-44-15-13-41/h4-11,16-20H,12-15H2,1-3H3,(H,35,36,37)(H2,38,39,43). The van der Waals surface area contributed by atoms with Gasteiger partial charge in [-0.2, -0.15) is 5.10 Å². The van der Waals surface area contributed by atoms with Crippen LogP contribution in [-0.2, 0) is 10.2 Å². The Morgan fingerprint density at radius 3 is 2.66 bits per heavy atom. The van der Waals surface area contributed by atoms with Crippen molar-refractivity contribution in [2.45, 2.75) is 26.2 Å². The van der Waals surface area contributed by atoms with Crippen molar-refractivity contribution in [2.24, 2.45) is 0 Å². The van der Waals surface area contributed by atoms with Gasteiger partial charge in [0.2, 0.25) is 0 Å². The third kappa shape index (κ3) is 5.33. The van der Waals surface area contributed by atoms with Crippen LogP contribution in [0, 0.1) is 0 Å². The van der Waals surface area contributed by atoms with Crippen molar-refractivity contribution in [3.8, 4) is 16.8 Å². The highest BCUT2D eigenvalue weighted by Gasteiger charge is 2.23. The predicted molar refractivity (Wildman–Crippen MR) is 173 cm³/mol. The molecule has 1 aliphatic rings. The Kier molecular flexibility index (Phi) is 6.94. The molecule has 0 spiro atoms. The molecule has 222 valence electrons. The van der Waals surface area contributed by atoms with Crippen LogP contribution in [0.4, 0.5) is 22.1 Å². The second kappa shape index (κ2) is 11.1. The van der Waals surface area contributed by atoms with Gasteiger partial charge in [-0.1, -0.05) is 39.0 Å². The smallest absolute Gasteiger partial charge is 0.324 e. The molecular formula is C33H33N9O2. The number of pyridine rings is 1. The van der Waals surface area contributed by atoms with Gasteiger partial charge in [-0.15, -0.1) is 0 Å². The lowest BCUT2D eigenvalue weighted by atomic mass is 9.92.